The second-order valence-electron chi connectivity index (χ2n) is 9.28. The number of hydrogen-bond donors (Lipinski definition) is 2. The molecule has 42 heavy (non-hydrogen) atoms. The Bertz CT molecular complexity index is 1650. The molecule has 0 aromatic heterocycles. The first-order valence-electron chi connectivity index (χ1n) is 12.9. The van der Waals surface area contributed by atoms with Gasteiger partial charge in [0.25, 0.3) is 11.8 Å². The molecule has 0 aliphatic rings. The molecule has 4 rings (SSSR count). The number of carbonyl (C=O) groups is 2. The van der Waals surface area contributed by atoms with Crippen LogP contribution in [0.15, 0.2) is 113 Å². The van der Waals surface area contributed by atoms with Crippen LogP contribution in [0.3, 0.4) is 0 Å². The highest BCUT2D eigenvalue weighted by Crippen LogP contribution is 2.19. The fourth-order valence-electron chi connectivity index (χ4n) is 3.81. The maximum absolute atomic E-state index is 13.4. The number of aryl methyl sites for hydroxylation is 1. The second-order valence-corrected chi connectivity index (χ2v) is 11.7. The lowest BCUT2D eigenvalue weighted by molar-refractivity contribution is -0.121. The Balaban J connectivity index is 1.32. The van der Waals surface area contributed by atoms with Gasteiger partial charge in [-0.1, -0.05) is 65.7 Å². The summed E-state index contributed by atoms with van der Waals surface area (Å²) in [5.41, 5.74) is 5.28. The van der Waals surface area contributed by atoms with Crippen molar-refractivity contribution >= 4 is 45.3 Å². The van der Waals surface area contributed by atoms with E-state index in [0.717, 1.165) is 15.4 Å². The van der Waals surface area contributed by atoms with Crippen molar-refractivity contribution in [2.45, 2.75) is 18.4 Å². The topological polar surface area (TPSA) is 117 Å². The lowest BCUT2D eigenvalue weighted by Crippen LogP contribution is -2.39. The highest BCUT2D eigenvalue weighted by atomic mass is 35.5. The van der Waals surface area contributed by atoms with E-state index in [9.17, 15) is 18.0 Å². The Kier molecular flexibility index (Phi) is 10.4. The Morgan fingerprint density at radius 1 is 0.905 bits per heavy atom. The number of ether oxygens (including phenoxy) is 1. The van der Waals surface area contributed by atoms with Crippen molar-refractivity contribution in [3.8, 4) is 5.75 Å². The van der Waals surface area contributed by atoms with Gasteiger partial charge in [-0.25, -0.2) is 13.8 Å². The van der Waals surface area contributed by atoms with E-state index in [2.05, 4.69) is 15.8 Å². The molecule has 11 heteroatoms. The highest BCUT2D eigenvalue weighted by molar-refractivity contribution is 7.89. The first-order valence-corrected chi connectivity index (χ1v) is 14.7. The molecule has 216 valence electrons. The molecule has 0 radical (unpaired) electrons. The maximum atomic E-state index is 13.4. The summed E-state index contributed by atoms with van der Waals surface area (Å²) >= 11 is 5.92. The number of hydrogen-bond acceptors (Lipinski definition) is 6. The minimum Gasteiger partial charge on any atom is -0.484 e. The van der Waals surface area contributed by atoms with E-state index in [1.807, 2.05) is 25.1 Å². The molecule has 0 heterocycles. The standard InChI is InChI=1S/C31H29ClN4O5S/c1-23-10-16-29(17-11-23)42(39,40)36(20-25-6-3-2-4-7-25)21-30(37)35-33-19-24-12-14-28(15-13-24)41-22-31(38)34-27-9-5-8-26(32)18-27/h2-19H,20-22H2,1H3,(H,34,38)(H,35,37)/b33-19+. The van der Waals surface area contributed by atoms with E-state index in [1.54, 1.807) is 72.8 Å². The van der Waals surface area contributed by atoms with Crippen LogP contribution in [0.25, 0.3) is 0 Å². The van der Waals surface area contributed by atoms with Crippen molar-refractivity contribution in [3.05, 3.63) is 125 Å². The molecule has 4 aromatic carbocycles. The van der Waals surface area contributed by atoms with Crippen LogP contribution in [0, 0.1) is 6.92 Å². The van der Waals surface area contributed by atoms with Gasteiger partial charge in [-0.3, -0.25) is 9.59 Å². The van der Waals surface area contributed by atoms with Gasteiger partial charge in [-0.05, 0) is 72.6 Å². The molecule has 2 N–H and O–H groups in total. The van der Waals surface area contributed by atoms with Gasteiger partial charge in [0.2, 0.25) is 10.0 Å². The number of carbonyl (C=O) groups excluding carboxylic acids is 2. The van der Waals surface area contributed by atoms with E-state index in [-0.39, 0.29) is 24.0 Å². The average Bonchev–Trinajstić information content (AvgIpc) is 2.97. The van der Waals surface area contributed by atoms with Crippen LogP contribution in [-0.2, 0) is 26.2 Å². The number of anilines is 1. The predicted molar refractivity (Wildman–Crippen MR) is 163 cm³/mol. The number of hydrazone groups is 1. The Hall–Kier alpha value is -4.51. The number of amides is 2. The Morgan fingerprint density at radius 3 is 2.31 bits per heavy atom. The molecule has 0 aliphatic carbocycles. The zero-order valence-corrected chi connectivity index (χ0v) is 24.3. The third-order valence-electron chi connectivity index (χ3n) is 5.94. The molecule has 0 bridgehead atoms. The van der Waals surface area contributed by atoms with Gasteiger partial charge in [0.1, 0.15) is 5.75 Å². The van der Waals surface area contributed by atoms with Crippen LogP contribution < -0.4 is 15.5 Å². The Labute approximate surface area is 249 Å². The zero-order chi connectivity index (χ0) is 30.0. The largest absolute Gasteiger partial charge is 0.484 e. The van der Waals surface area contributed by atoms with Gasteiger partial charge in [0.15, 0.2) is 6.61 Å². The van der Waals surface area contributed by atoms with E-state index < -0.39 is 22.5 Å². The third kappa shape index (κ3) is 9.00. The van der Waals surface area contributed by atoms with E-state index in [0.29, 0.717) is 22.0 Å². The smallest absolute Gasteiger partial charge is 0.262 e. The zero-order valence-electron chi connectivity index (χ0n) is 22.7. The molecular formula is C31H29ClN4O5S. The van der Waals surface area contributed by atoms with Crippen molar-refractivity contribution in [1.82, 2.24) is 9.73 Å². The van der Waals surface area contributed by atoms with Crippen molar-refractivity contribution in [1.29, 1.82) is 0 Å². The minimum absolute atomic E-state index is 0.0206. The molecule has 2 amide bonds. The monoisotopic (exact) mass is 604 g/mol. The van der Waals surface area contributed by atoms with Crippen molar-refractivity contribution in [2.24, 2.45) is 5.10 Å². The third-order valence-corrected chi connectivity index (χ3v) is 7.98. The number of sulfonamides is 1. The molecule has 0 saturated heterocycles. The van der Waals surface area contributed by atoms with Crippen LogP contribution in [-0.4, -0.2) is 43.9 Å². The van der Waals surface area contributed by atoms with E-state index in [4.69, 9.17) is 16.3 Å². The van der Waals surface area contributed by atoms with Crippen LogP contribution in [0.1, 0.15) is 16.7 Å². The summed E-state index contributed by atoms with van der Waals surface area (Å²) in [5, 5.41) is 7.18. The first-order chi connectivity index (χ1) is 20.2. The molecule has 9 nitrogen and oxygen atoms in total. The van der Waals surface area contributed by atoms with Gasteiger partial charge in [0, 0.05) is 17.3 Å². The molecular weight excluding hydrogens is 576 g/mol. The molecule has 0 atom stereocenters. The molecule has 4 aromatic rings. The lowest BCUT2D eigenvalue weighted by atomic mass is 10.2. The molecule has 0 aliphatic heterocycles. The number of nitrogens with zero attached hydrogens (tertiary/aromatic N) is 2. The SMILES string of the molecule is Cc1ccc(S(=O)(=O)N(CC(=O)N/N=C/c2ccc(OCC(=O)Nc3cccc(Cl)c3)cc2)Cc2ccccc2)cc1. The van der Waals surface area contributed by atoms with Crippen LogP contribution in [0.4, 0.5) is 5.69 Å². The number of halogens is 1. The van der Waals surface area contributed by atoms with Crippen molar-refractivity contribution in [3.63, 3.8) is 0 Å². The maximum Gasteiger partial charge on any atom is 0.262 e. The van der Waals surface area contributed by atoms with Crippen LogP contribution in [0.5, 0.6) is 5.75 Å². The van der Waals surface area contributed by atoms with Gasteiger partial charge >= 0.3 is 0 Å². The lowest BCUT2D eigenvalue weighted by Gasteiger charge is -2.21. The Morgan fingerprint density at radius 2 is 1.62 bits per heavy atom. The summed E-state index contributed by atoms with van der Waals surface area (Å²) in [7, 11) is -3.95. The summed E-state index contributed by atoms with van der Waals surface area (Å²) in [6.45, 7) is 1.27. The van der Waals surface area contributed by atoms with Crippen LogP contribution in [0.2, 0.25) is 5.02 Å². The normalized spacial score (nSPS) is 11.4. The molecule has 0 fully saturated rings. The molecule has 0 unspecified atom stereocenters. The fourth-order valence-corrected chi connectivity index (χ4v) is 5.38. The fraction of sp³-hybridized carbons (Fsp3) is 0.129. The number of rotatable bonds is 12. The first kappa shape index (κ1) is 30.4. The molecule has 0 saturated carbocycles. The second kappa shape index (κ2) is 14.4. The van der Waals surface area contributed by atoms with Gasteiger partial charge in [-0.15, -0.1) is 0 Å². The quantitative estimate of drug-likeness (QED) is 0.174. The number of nitrogens with one attached hydrogen (secondary N) is 2. The van der Waals surface area contributed by atoms with Gasteiger partial charge in [0.05, 0.1) is 17.7 Å². The van der Waals surface area contributed by atoms with E-state index >= 15 is 0 Å². The highest BCUT2D eigenvalue weighted by Gasteiger charge is 2.26. The van der Waals surface area contributed by atoms with E-state index in [1.165, 1.54) is 18.3 Å². The summed E-state index contributed by atoms with van der Waals surface area (Å²) in [6, 6.07) is 29.0. The predicted octanol–water partition coefficient (Wildman–Crippen LogP) is 5.01. The van der Waals surface area contributed by atoms with Crippen LogP contribution >= 0.6 is 11.6 Å². The summed E-state index contributed by atoms with van der Waals surface area (Å²) < 4.78 is 33.4. The van der Waals surface area contributed by atoms with Crippen molar-refractivity contribution in [2.75, 3.05) is 18.5 Å². The van der Waals surface area contributed by atoms with Gasteiger partial charge in [-0.2, -0.15) is 9.41 Å². The van der Waals surface area contributed by atoms with Gasteiger partial charge < -0.3 is 10.1 Å². The number of benzene rings is 4. The van der Waals surface area contributed by atoms with Crippen molar-refractivity contribution < 1.29 is 22.7 Å². The average molecular weight is 605 g/mol. The summed E-state index contributed by atoms with van der Waals surface area (Å²) in [6.07, 6.45) is 1.42. The summed E-state index contributed by atoms with van der Waals surface area (Å²) in [4.78, 5) is 24.9. The minimum atomic E-state index is -3.95. The molecule has 0 spiro atoms. The summed E-state index contributed by atoms with van der Waals surface area (Å²) in [5.74, 6) is -0.463.